The van der Waals surface area contributed by atoms with Crippen LogP contribution in [0.5, 0.6) is 0 Å². The Morgan fingerprint density at radius 3 is 2.45 bits per heavy atom. The lowest BCUT2D eigenvalue weighted by atomic mass is 10.00. The number of hydrogen-bond donors (Lipinski definition) is 1. The van der Waals surface area contributed by atoms with Crippen molar-refractivity contribution in [2.75, 3.05) is 23.3 Å². The molecule has 3 heterocycles. The van der Waals surface area contributed by atoms with Gasteiger partial charge in [0.15, 0.2) is 5.65 Å². The number of fused-ring (bicyclic) bond motifs is 1. The molecule has 1 aliphatic heterocycles. The van der Waals surface area contributed by atoms with Gasteiger partial charge in [-0.05, 0) is 68.0 Å². The van der Waals surface area contributed by atoms with E-state index in [-0.39, 0.29) is 0 Å². The second-order valence-corrected chi connectivity index (χ2v) is 8.60. The van der Waals surface area contributed by atoms with Gasteiger partial charge < -0.3 is 10.2 Å². The summed E-state index contributed by atoms with van der Waals surface area (Å²) in [5.41, 5.74) is 5.36. The minimum Gasteiger partial charge on any atom is -0.341 e. The molecule has 0 unspecified atom stereocenters. The molecule has 31 heavy (non-hydrogen) atoms. The van der Waals surface area contributed by atoms with Crippen molar-refractivity contribution in [1.29, 1.82) is 0 Å². The van der Waals surface area contributed by atoms with Crippen LogP contribution < -0.4 is 10.2 Å². The Morgan fingerprint density at radius 2 is 1.71 bits per heavy atom. The number of para-hydroxylation sites is 1. The summed E-state index contributed by atoms with van der Waals surface area (Å²) in [7, 11) is 0. The Hall–Kier alpha value is -3.41. The van der Waals surface area contributed by atoms with Gasteiger partial charge in [-0.1, -0.05) is 31.2 Å². The van der Waals surface area contributed by atoms with Crippen molar-refractivity contribution < 1.29 is 0 Å². The van der Waals surface area contributed by atoms with Crippen LogP contribution in [0.15, 0.2) is 54.7 Å². The normalized spacial score (nSPS) is 14.9. The Kier molecular flexibility index (Phi) is 5.06. The summed E-state index contributed by atoms with van der Waals surface area (Å²) in [6, 6.07) is 16.5. The number of aryl methyl sites for hydroxylation is 2. The van der Waals surface area contributed by atoms with Crippen LogP contribution in [-0.4, -0.2) is 32.8 Å². The van der Waals surface area contributed by atoms with Crippen LogP contribution in [0.25, 0.3) is 16.7 Å². The van der Waals surface area contributed by atoms with Crippen LogP contribution >= 0.6 is 0 Å². The van der Waals surface area contributed by atoms with Crippen LogP contribution in [0, 0.1) is 19.8 Å². The first-order chi connectivity index (χ1) is 15.1. The van der Waals surface area contributed by atoms with Gasteiger partial charge >= 0.3 is 0 Å². The minimum atomic E-state index is 0.753. The number of piperidine rings is 1. The minimum absolute atomic E-state index is 0.753. The largest absolute Gasteiger partial charge is 0.341 e. The molecule has 0 radical (unpaired) electrons. The molecule has 1 aliphatic rings. The fraction of sp³-hybridized carbons (Fsp3) is 0.320. The van der Waals surface area contributed by atoms with E-state index < -0.39 is 0 Å². The first-order valence-corrected chi connectivity index (χ1v) is 11.0. The molecule has 1 saturated heterocycles. The van der Waals surface area contributed by atoms with E-state index in [1.165, 1.54) is 24.0 Å². The molecule has 6 heteroatoms. The number of benzene rings is 2. The highest BCUT2D eigenvalue weighted by Gasteiger charge is 2.21. The van der Waals surface area contributed by atoms with E-state index in [0.29, 0.717) is 0 Å². The Morgan fingerprint density at radius 1 is 0.935 bits per heavy atom. The van der Waals surface area contributed by atoms with Gasteiger partial charge in [0.1, 0.15) is 5.82 Å². The van der Waals surface area contributed by atoms with Gasteiger partial charge in [0.2, 0.25) is 5.95 Å². The summed E-state index contributed by atoms with van der Waals surface area (Å²) in [4.78, 5) is 12.2. The van der Waals surface area contributed by atoms with Gasteiger partial charge in [0, 0.05) is 18.8 Å². The molecule has 158 valence electrons. The van der Waals surface area contributed by atoms with E-state index in [9.17, 15) is 0 Å². The molecule has 0 aliphatic carbocycles. The predicted octanol–water partition coefficient (Wildman–Crippen LogP) is 5.41. The highest BCUT2D eigenvalue weighted by molar-refractivity contribution is 5.90. The fourth-order valence-corrected chi connectivity index (χ4v) is 4.06. The fourth-order valence-electron chi connectivity index (χ4n) is 4.06. The highest BCUT2D eigenvalue weighted by Crippen LogP contribution is 2.30. The third-order valence-electron chi connectivity index (χ3n) is 6.25. The van der Waals surface area contributed by atoms with Crippen LogP contribution in [0.4, 0.5) is 17.5 Å². The average Bonchev–Trinajstić information content (AvgIpc) is 3.22. The zero-order chi connectivity index (χ0) is 21.4. The first-order valence-electron chi connectivity index (χ1n) is 11.0. The van der Waals surface area contributed by atoms with Crippen LogP contribution in [0.2, 0.25) is 0 Å². The van der Waals surface area contributed by atoms with Crippen molar-refractivity contribution in [3.63, 3.8) is 0 Å². The summed E-state index contributed by atoms with van der Waals surface area (Å²) in [5, 5.41) is 9.10. The van der Waals surface area contributed by atoms with Gasteiger partial charge in [-0.3, -0.25) is 0 Å². The summed E-state index contributed by atoms with van der Waals surface area (Å²) in [6.07, 6.45) is 4.19. The van der Waals surface area contributed by atoms with Crippen LogP contribution in [0.3, 0.4) is 0 Å². The number of aromatic nitrogens is 4. The van der Waals surface area contributed by atoms with Gasteiger partial charge in [-0.15, -0.1) is 0 Å². The van der Waals surface area contributed by atoms with Gasteiger partial charge in [-0.2, -0.15) is 15.1 Å². The van der Waals surface area contributed by atoms with E-state index in [0.717, 1.165) is 53.2 Å². The first kappa shape index (κ1) is 19.5. The van der Waals surface area contributed by atoms with E-state index in [1.54, 1.807) is 0 Å². The third kappa shape index (κ3) is 3.85. The van der Waals surface area contributed by atoms with Crippen LogP contribution in [-0.2, 0) is 0 Å². The molecular weight excluding hydrogens is 384 g/mol. The molecule has 6 nitrogen and oxygen atoms in total. The second kappa shape index (κ2) is 8.02. The SMILES string of the molecule is Cc1ccc(Nc2nc(N3CCC(C)CC3)nc3c2cnn3-c2ccccc2)cc1C. The molecule has 4 aromatic rings. The Bertz CT molecular complexity index is 1210. The lowest BCUT2D eigenvalue weighted by molar-refractivity contribution is 0.434. The summed E-state index contributed by atoms with van der Waals surface area (Å²) < 4.78 is 1.90. The molecule has 0 atom stereocenters. The van der Waals surface area contributed by atoms with Crippen molar-refractivity contribution >= 4 is 28.5 Å². The van der Waals surface area contributed by atoms with Gasteiger partial charge in [-0.25, -0.2) is 4.68 Å². The Balaban J connectivity index is 1.62. The molecule has 2 aromatic heterocycles. The van der Waals surface area contributed by atoms with E-state index in [4.69, 9.17) is 9.97 Å². The van der Waals surface area contributed by atoms with Crippen molar-refractivity contribution in [3.05, 3.63) is 65.9 Å². The maximum atomic E-state index is 4.97. The van der Waals surface area contributed by atoms with Crippen molar-refractivity contribution in [2.24, 2.45) is 5.92 Å². The summed E-state index contributed by atoms with van der Waals surface area (Å²) in [5.74, 6) is 2.32. The molecule has 2 aromatic carbocycles. The molecule has 0 saturated carbocycles. The standard InChI is InChI=1S/C25H28N6/c1-17-11-13-30(14-12-17)25-28-23(27-20-10-9-18(2)19(3)15-20)22-16-26-31(24(22)29-25)21-7-5-4-6-8-21/h4-10,15-17H,11-14H2,1-3H3,(H,27,28,29). The topological polar surface area (TPSA) is 58.9 Å². The molecule has 0 spiro atoms. The van der Waals surface area contributed by atoms with E-state index >= 15 is 0 Å². The quantitative estimate of drug-likeness (QED) is 0.485. The second-order valence-electron chi connectivity index (χ2n) is 8.60. The number of nitrogens with zero attached hydrogens (tertiary/aromatic N) is 5. The average molecular weight is 413 g/mol. The zero-order valence-electron chi connectivity index (χ0n) is 18.3. The number of hydrogen-bond acceptors (Lipinski definition) is 5. The third-order valence-corrected chi connectivity index (χ3v) is 6.25. The molecule has 0 bridgehead atoms. The van der Waals surface area contributed by atoms with Gasteiger partial charge in [0.05, 0.1) is 17.3 Å². The highest BCUT2D eigenvalue weighted by atomic mass is 15.3. The van der Waals surface area contributed by atoms with Crippen molar-refractivity contribution in [1.82, 2.24) is 19.7 Å². The molecule has 5 rings (SSSR count). The number of rotatable bonds is 4. The zero-order valence-corrected chi connectivity index (χ0v) is 18.3. The van der Waals surface area contributed by atoms with Gasteiger partial charge in [0.25, 0.3) is 0 Å². The maximum Gasteiger partial charge on any atom is 0.229 e. The molecule has 1 fully saturated rings. The van der Waals surface area contributed by atoms with Crippen LogP contribution in [0.1, 0.15) is 30.9 Å². The maximum absolute atomic E-state index is 4.97. The lowest BCUT2D eigenvalue weighted by Gasteiger charge is -2.30. The number of nitrogens with one attached hydrogen (secondary N) is 1. The molecule has 1 N–H and O–H groups in total. The van der Waals surface area contributed by atoms with E-state index in [2.05, 4.69) is 54.3 Å². The Labute approximate surface area is 182 Å². The monoisotopic (exact) mass is 412 g/mol. The molecule has 0 amide bonds. The molecular formula is C25H28N6. The van der Waals surface area contributed by atoms with E-state index in [1.807, 2.05) is 41.2 Å². The summed E-state index contributed by atoms with van der Waals surface area (Å²) in [6.45, 7) is 8.54. The predicted molar refractivity (Wildman–Crippen MR) is 126 cm³/mol. The van der Waals surface area contributed by atoms with Crippen molar-refractivity contribution in [2.45, 2.75) is 33.6 Å². The summed E-state index contributed by atoms with van der Waals surface area (Å²) >= 11 is 0. The van der Waals surface area contributed by atoms with Crippen molar-refractivity contribution in [3.8, 4) is 5.69 Å². The lowest BCUT2D eigenvalue weighted by Crippen LogP contribution is -2.34. The smallest absolute Gasteiger partial charge is 0.229 e. The number of anilines is 3.